The molecule has 43 heavy (non-hydrogen) atoms. The molecule has 0 radical (unpaired) electrons. The molecule has 1 aliphatic heterocycles. The molecule has 3 rings (SSSR count). The van der Waals surface area contributed by atoms with Gasteiger partial charge in [0.15, 0.2) is 17.3 Å². The number of esters is 4. The minimum atomic E-state index is -1.12. The first-order valence-electron chi connectivity index (χ1n) is 14.1. The van der Waals surface area contributed by atoms with Crippen LogP contribution in [0.25, 0.3) is 11.2 Å². The largest absolute Gasteiger partial charge is 0.492 e. The van der Waals surface area contributed by atoms with Gasteiger partial charge in [-0.3, -0.25) is 23.7 Å². The number of aromatic hydroxyl groups is 1. The van der Waals surface area contributed by atoms with E-state index in [1.807, 2.05) is 0 Å². The van der Waals surface area contributed by atoms with Gasteiger partial charge in [-0.1, -0.05) is 27.7 Å². The minimum absolute atomic E-state index is 0.0186. The second-order valence-electron chi connectivity index (χ2n) is 10.9. The van der Waals surface area contributed by atoms with Crippen molar-refractivity contribution in [1.82, 2.24) is 19.5 Å². The van der Waals surface area contributed by atoms with E-state index in [0.29, 0.717) is 18.5 Å². The number of carbonyl (C=O) groups is 4. The maximum Gasteiger partial charge on any atom is 0.323 e. The van der Waals surface area contributed by atoms with Gasteiger partial charge in [0, 0.05) is 0 Å². The molecule has 0 aromatic carbocycles. The molecule has 2 aromatic heterocycles. The number of nitrogens with two attached hydrogens (primary N) is 2. The van der Waals surface area contributed by atoms with E-state index in [1.165, 1.54) is 12.7 Å². The molecule has 0 saturated carbocycles. The summed E-state index contributed by atoms with van der Waals surface area (Å²) in [5.41, 5.74) is 12.3. The molecule has 16 heteroatoms. The highest BCUT2D eigenvalue weighted by Gasteiger charge is 2.30. The molecule has 1 unspecified atom stereocenters. The van der Waals surface area contributed by atoms with Crippen molar-refractivity contribution in [3.05, 3.63) is 12.7 Å². The van der Waals surface area contributed by atoms with Crippen LogP contribution in [-0.4, -0.2) is 92.6 Å². The molecule has 1 aliphatic rings. The van der Waals surface area contributed by atoms with Crippen molar-refractivity contribution < 1.29 is 48.0 Å². The highest BCUT2D eigenvalue weighted by molar-refractivity contribution is 5.78. The van der Waals surface area contributed by atoms with Gasteiger partial charge in [-0.2, -0.15) is 4.98 Å². The number of fused-ring (bicyclic) bond motifs is 1. The van der Waals surface area contributed by atoms with Crippen LogP contribution in [0.1, 0.15) is 59.6 Å². The molecule has 0 spiro atoms. The van der Waals surface area contributed by atoms with Crippen LogP contribution in [0.5, 0.6) is 5.88 Å². The molecule has 1 fully saturated rings. The van der Waals surface area contributed by atoms with E-state index in [4.69, 9.17) is 35.2 Å². The third kappa shape index (κ3) is 9.56. The van der Waals surface area contributed by atoms with Crippen LogP contribution in [0, 0.1) is 11.8 Å². The van der Waals surface area contributed by atoms with Crippen LogP contribution < -0.4 is 11.5 Å². The molecular formula is C27H40N6O10. The van der Waals surface area contributed by atoms with Crippen molar-refractivity contribution in [2.75, 3.05) is 19.8 Å². The lowest BCUT2D eigenvalue weighted by atomic mass is 10.1. The molecular weight excluding hydrogens is 568 g/mol. The van der Waals surface area contributed by atoms with Crippen LogP contribution >= 0.6 is 0 Å². The fourth-order valence-electron chi connectivity index (χ4n) is 3.96. The summed E-state index contributed by atoms with van der Waals surface area (Å²) in [6.45, 7) is 6.15. The molecule has 238 valence electrons. The molecule has 5 atom stereocenters. The Labute approximate surface area is 248 Å². The molecule has 1 saturated heterocycles. The van der Waals surface area contributed by atoms with Crippen molar-refractivity contribution in [1.29, 1.82) is 0 Å². The van der Waals surface area contributed by atoms with Crippen molar-refractivity contribution in [3.8, 4) is 5.88 Å². The number of carbonyl (C=O) groups excluding carboxylic acids is 4. The number of hydrogen-bond donors (Lipinski definition) is 3. The first-order chi connectivity index (χ1) is 20.4. The molecule has 3 heterocycles. The van der Waals surface area contributed by atoms with Crippen molar-refractivity contribution in [2.24, 2.45) is 23.3 Å². The zero-order valence-corrected chi connectivity index (χ0v) is 24.7. The molecule has 2 aromatic rings. The Morgan fingerprint density at radius 1 is 0.930 bits per heavy atom. The molecule has 5 N–H and O–H groups in total. The van der Waals surface area contributed by atoms with Gasteiger partial charge >= 0.3 is 23.9 Å². The number of hydrogen-bond acceptors (Lipinski definition) is 15. The first-order valence-corrected chi connectivity index (χ1v) is 14.1. The monoisotopic (exact) mass is 608 g/mol. The third-order valence-corrected chi connectivity index (χ3v) is 6.80. The Bertz CT molecular complexity index is 1270. The average Bonchev–Trinajstić information content (AvgIpc) is 3.62. The van der Waals surface area contributed by atoms with Crippen LogP contribution in [0.2, 0.25) is 0 Å². The van der Waals surface area contributed by atoms with Gasteiger partial charge in [0.2, 0.25) is 5.88 Å². The molecule has 0 bridgehead atoms. The lowest BCUT2D eigenvalue weighted by Crippen LogP contribution is -2.43. The third-order valence-electron chi connectivity index (χ3n) is 6.80. The van der Waals surface area contributed by atoms with Crippen molar-refractivity contribution >= 4 is 35.0 Å². The highest BCUT2D eigenvalue weighted by atomic mass is 16.6. The van der Waals surface area contributed by atoms with Gasteiger partial charge in [0.05, 0.1) is 25.3 Å². The summed E-state index contributed by atoms with van der Waals surface area (Å²) in [5.74, 6) is -3.43. The Hall–Kier alpha value is -3.89. The summed E-state index contributed by atoms with van der Waals surface area (Å²) >= 11 is 0. The fraction of sp³-hybridized carbons (Fsp3) is 0.667. The van der Waals surface area contributed by atoms with Crippen LogP contribution in [0.3, 0.4) is 0 Å². The predicted molar refractivity (Wildman–Crippen MR) is 148 cm³/mol. The van der Waals surface area contributed by atoms with E-state index in [0.717, 1.165) is 0 Å². The van der Waals surface area contributed by atoms with Crippen LogP contribution in [0.15, 0.2) is 12.7 Å². The minimum Gasteiger partial charge on any atom is -0.492 e. The van der Waals surface area contributed by atoms with Crippen molar-refractivity contribution in [3.63, 3.8) is 0 Å². The number of nitrogens with zero attached hydrogens (tertiary/aromatic N) is 4. The average molecular weight is 609 g/mol. The van der Waals surface area contributed by atoms with E-state index < -0.39 is 61.5 Å². The Balaban J connectivity index is 1.41. The summed E-state index contributed by atoms with van der Waals surface area (Å²) < 4.78 is 28.5. The second-order valence-corrected chi connectivity index (χ2v) is 10.9. The lowest BCUT2D eigenvalue weighted by molar-refractivity contribution is -0.169. The summed E-state index contributed by atoms with van der Waals surface area (Å²) in [5, 5.41) is 9.82. The Kier molecular flexibility index (Phi) is 12.1. The standard InChI is InChI=1S/C27H40N6O10/c1-14(2)21(28)26(37)41-11-17(43-27(38)22(29)15(3)4)10-40-20(35)8-7-19(34)39-9-16-5-6-18(42-16)33-13-32-23-24(33)30-12-31-25(23)36/h12-18,21-22H,5-11,28-29H2,1-4H3,(H,30,31,36)/t16-,17?,18+,21-,22-/m0/s1. The van der Waals surface area contributed by atoms with Gasteiger partial charge in [-0.25, -0.2) is 9.97 Å². The Morgan fingerprint density at radius 2 is 1.56 bits per heavy atom. The number of aromatic nitrogens is 4. The van der Waals surface area contributed by atoms with E-state index in [1.54, 1.807) is 32.3 Å². The van der Waals surface area contributed by atoms with Gasteiger partial charge in [0.25, 0.3) is 0 Å². The topological polar surface area (TPSA) is 230 Å². The number of rotatable bonds is 15. The molecule has 16 nitrogen and oxygen atoms in total. The fourth-order valence-corrected chi connectivity index (χ4v) is 3.96. The van der Waals surface area contributed by atoms with Crippen LogP contribution in [0.4, 0.5) is 0 Å². The van der Waals surface area contributed by atoms with E-state index in [-0.39, 0.29) is 48.8 Å². The smallest absolute Gasteiger partial charge is 0.323 e. The number of imidazole rings is 1. The predicted octanol–water partition coefficient (Wildman–Crippen LogP) is 0.498. The van der Waals surface area contributed by atoms with Gasteiger partial charge in [0.1, 0.15) is 44.5 Å². The van der Waals surface area contributed by atoms with E-state index in [9.17, 15) is 24.3 Å². The van der Waals surface area contributed by atoms with Crippen LogP contribution in [-0.2, 0) is 42.9 Å². The van der Waals surface area contributed by atoms with Gasteiger partial charge in [-0.15, -0.1) is 0 Å². The summed E-state index contributed by atoms with van der Waals surface area (Å²) in [7, 11) is 0. The zero-order chi connectivity index (χ0) is 31.7. The van der Waals surface area contributed by atoms with E-state index in [2.05, 4.69) is 15.0 Å². The SMILES string of the molecule is CC(C)[C@H](N)C(=O)OCC(COC(=O)CCC(=O)OC[C@@H]1CC[C@H](n2cnc3c(O)ncnc32)O1)OC(=O)[C@@H](N)C(C)C. The van der Waals surface area contributed by atoms with Gasteiger partial charge < -0.3 is 40.3 Å². The Morgan fingerprint density at radius 3 is 2.23 bits per heavy atom. The maximum atomic E-state index is 12.3. The zero-order valence-electron chi connectivity index (χ0n) is 24.7. The quantitative estimate of drug-likeness (QED) is 0.184. The van der Waals surface area contributed by atoms with Gasteiger partial charge in [-0.05, 0) is 24.7 Å². The molecule has 0 aliphatic carbocycles. The summed E-state index contributed by atoms with van der Waals surface area (Å²) in [4.78, 5) is 61.0. The summed E-state index contributed by atoms with van der Waals surface area (Å²) in [6, 6.07) is -1.81. The normalized spacial score (nSPS) is 18.8. The lowest BCUT2D eigenvalue weighted by Gasteiger charge is -2.22. The molecule has 0 amide bonds. The summed E-state index contributed by atoms with van der Waals surface area (Å²) in [6.07, 6.45) is 1.48. The maximum absolute atomic E-state index is 12.3. The first kappa shape index (κ1) is 33.6. The van der Waals surface area contributed by atoms with Crippen molar-refractivity contribution in [2.45, 2.75) is 83.9 Å². The number of ether oxygens (including phenoxy) is 5. The second kappa shape index (κ2) is 15.5. The van der Waals surface area contributed by atoms with E-state index >= 15 is 0 Å². The highest BCUT2D eigenvalue weighted by Crippen LogP contribution is 2.31.